The summed E-state index contributed by atoms with van der Waals surface area (Å²) in [4.78, 5) is 24.0. The van der Waals surface area contributed by atoms with Gasteiger partial charge in [-0.1, -0.05) is 6.07 Å². The minimum absolute atomic E-state index is 0.175. The maximum atomic E-state index is 12.3. The van der Waals surface area contributed by atoms with Crippen LogP contribution < -0.4 is 5.32 Å². The smallest absolute Gasteiger partial charge is 0.408 e. The van der Waals surface area contributed by atoms with Crippen molar-refractivity contribution in [3.8, 4) is 0 Å². The van der Waals surface area contributed by atoms with Gasteiger partial charge in [0.15, 0.2) is 5.65 Å². The lowest BCUT2D eigenvalue weighted by atomic mass is 10.2. The summed E-state index contributed by atoms with van der Waals surface area (Å²) in [7, 11) is 0. The summed E-state index contributed by atoms with van der Waals surface area (Å²) in [6.45, 7) is 6.84. The Morgan fingerprint density at radius 1 is 1.29 bits per heavy atom. The van der Waals surface area contributed by atoms with Crippen LogP contribution in [0.4, 0.5) is 4.79 Å². The molecule has 0 aliphatic carbocycles. The Labute approximate surface area is 122 Å². The van der Waals surface area contributed by atoms with Crippen LogP contribution in [0.2, 0.25) is 0 Å². The molecule has 0 aromatic carbocycles. The Kier molecular flexibility index (Phi) is 3.93. The molecule has 0 aliphatic heterocycles. The number of fused-ring (bicyclic) bond motifs is 1. The van der Waals surface area contributed by atoms with E-state index < -0.39 is 17.7 Å². The lowest BCUT2D eigenvalue weighted by Crippen LogP contribution is -2.42. The van der Waals surface area contributed by atoms with Gasteiger partial charge in [0.25, 0.3) is 0 Å². The van der Waals surface area contributed by atoms with Crippen molar-refractivity contribution in [2.45, 2.75) is 39.3 Å². The molecule has 0 fully saturated rings. The van der Waals surface area contributed by atoms with E-state index in [0.717, 1.165) is 0 Å². The number of hydrogen-bond acceptors (Lipinski definition) is 5. The summed E-state index contributed by atoms with van der Waals surface area (Å²) in [6.07, 6.45) is 1.06. The highest BCUT2D eigenvalue weighted by Gasteiger charge is 2.24. The van der Waals surface area contributed by atoms with Crippen molar-refractivity contribution in [2.75, 3.05) is 0 Å². The molecule has 0 saturated carbocycles. The first-order valence-corrected chi connectivity index (χ1v) is 6.61. The number of rotatable bonds is 3. The number of aromatic nitrogens is 3. The summed E-state index contributed by atoms with van der Waals surface area (Å²) in [5.74, 6) is -0.159. The fourth-order valence-corrected chi connectivity index (χ4v) is 1.75. The monoisotopic (exact) mass is 290 g/mol. The van der Waals surface area contributed by atoms with Crippen molar-refractivity contribution in [1.29, 1.82) is 0 Å². The van der Waals surface area contributed by atoms with Gasteiger partial charge in [0.1, 0.15) is 5.60 Å². The largest absolute Gasteiger partial charge is 0.444 e. The lowest BCUT2D eigenvalue weighted by molar-refractivity contribution is 0.0496. The van der Waals surface area contributed by atoms with Gasteiger partial charge >= 0.3 is 6.09 Å². The molecule has 0 aliphatic rings. The Morgan fingerprint density at radius 2 is 2.00 bits per heavy atom. The van der Waals surface area contributed by atoms with Gasteiger partial charge in [0, 0.05) is 6.20 Å². The maximum absolute atomic E-state index is 12.3. The second-order valence-electron chi connectivity index (χ2n) is 5.68. The van der Waals surface area contributed by atoms with Gasteiger partial charge in [0.2, 0.25) is 11.6 Å². The van der Waals surface area contributed by atoms with Gasteiger partial charge in [-0.05, 0) is 39.8 Å². The SMILES string of the molecule is C[C@@H](NC(=O)OC(C)(C)C)C(=O)c1nnc2ccccn12. The minimum Gasteiger partial charge on any atom is -0.444 e. The normalized spacial score (nSPS) is 13.0. The van der Waals surface area contributed by atoms with E-state index in [4.69, 9.17) is 4.74 Å². The first kappa shape index (κ1) is 15.0. The molecule has 0 bridgehead atoms. The van der Waals surface area contributed by atoms with Gasteiger partial charge in [-0.3, -0.25) is 9.20 Å². The number of amides is 1. The topological polar surface area (TPSA) is 85.6 Å². The molecule has 0 unspecified atom stereocenters. The molecule has 1 atom stereocenters. The van der Waals surface area contributed by atoms with Crippen LogP contribution in [-0.2, 0) is 4.74 Å². The number of nitrogens with one attached hydrogen (secondary N) is 1. The van der Waals surface area contributed by atoms with Crippen LogP contribution in [0.25, 0.3) is 5.65 Å². The molecule has 1 amide bonds. The molecule has 112 valence electrons. The number of carbonyl (C=O) groups excluding carboxylic acids is 2. The number of carbonyl (C=O) groups is 2. The van der Waals surface area contributed by atoms with E-state index in [9.17, 15) is 9.59 Å². The summed E-state index contributed by atoms with van der Waals surface area (Å²) >= 11 is 0. The summed E-state index contributed by atoms with van der Waals surface area (Å²) in [5.41, 5.74) is -0.0423. The zero-order chi connectivity index (χ0) is 15.6. The third-order valence-electron chi connectivity index (χ3n) is 2.66. The van der Waals surface area contributed by atoms with Gasteiger partial charge < -0.3 is 10.1 Å². The van der Waals surface area contributed by atoms with Gasteiger partial charge in [-0.15, -0.1) is 10.2 Å². The molecule has 7 nitrogen and oxygen atoms in total. The second kappa shape index (κ2) is 5.51. The summed E-state index contributed by atoms with van der Waals surface area (Å²) in [6, 6.07) is 4.57. The van der Waals surface area contributed by atoms with Gasteiger partial charge in [0.05, 0.1) is 6.04 Å². The van der Waals surface area contributed by atoms with Crippen molar-refractivity contribution < 1.29 is 14.3 Å². The van der Waals surface area contributed by atoms with Crippen molar-refractivity contribution >= 4 is 17.5 Å². The van der Waals surface area contributed by atoms with E-state index in [0.29, 0.717) is 5.65 Å². The standard InChI is InChI=1S/C14H18N4O3/c1-9(15-13(20)21-14(2,3)4)11(19)12-17-16-10-7-5-6-8-18(10)12/h5-9H,1-4H3,(H,15,20)/t9-/m1/s1. The zero-order valence-electron chi connectivity index (χ0n) is 12.5. The van der Waals surface area contributed by atoms with Gasteiger partial charge in [-0.25, -0.2) is 4.79 Å². The van der Waals surface area contributed by atoms with Crippen LogP contribution in [-0.4, -0.2) is 38.1 Å². The molecule has 2 aromatic rings. The van der Waals surface area contributed by atoms with Crippen LogP contribution in [0, 0.1) is 0 Å². The van der Waals surface area contributed by atoms with E-state index in [1.807, 2.05) is 0 Å². The maximum Gasteiger partial charge on any atom is 0.408 e. The van der Waals surface area contributed by atoms with Crippen molar-refractivity contribution in [2.24, 2.45) is 0 Å². The van der Waals surface area contributed by atoms with Crippen LogP contribution in [0.5, 0.6) is 0 Å². The average molecular weight is 290 g/mol. The number of pyridine rings is 1. The molecule has 2 heterocycles. The van der Waals surface area contributed by atoms with E-state index in [1.54, 1.807) is 56.5 Å². The molecular formula is C14H18N4O3. The molecular weight excluding hydrogens is 272 g/mol. The highest BCUT2D eigenvalue weighted by molar-refractivity contribution is 5.98. The number of Topliss-reactive ketones (excluding diaryl/α,β-unsaturated/α-hetero) is 1. The van der Waals surface area contributed by atoms with Gasteiger partial charge in [-0.2, -0.15) is 0 Å². The van der Waals surface area contributed by atoms with Crippen LogP contribution in [0.1, 0.15) is 38.3 Å². The first-order valence-electron chi connectivity index (χ1n) is 6.61. The van der Waals surface area contributed by atoms with E-state index in [-0.39, 0.29) is 11.6 Å². The first-order chi connectivity index (χ1) is 9.78. The summed E-state index contributed by atoms with van der Waals surface area (Å²) < 4.78 is 6.70. The van der Waals surface area contributed by atoms with Crippen molar-refractivity contribution in [1.82, 2.24) is 19.9 Å². The molecule has 0 spiro atoms. The molecule has 21 heavy (non-hydrogen) atoms. The Bertz CT molecular complexity index is 672. The Hall–Kier alpha value is -2.44. The second-order valence-corrected chi connectivity index (χ2v) is 5.68. The molecule has 0 saturated heterocycles. The highest BCUT2D eigenvalue weighted by atomic mass is 16.6. The quantitative estimate of drug-likeness (QED) is 0.871. The number of ketones is 1. The predicted octanol–water partition coefficient (Wildman–Crippen LogP) is 1.83. The molecule has 7 heteroatoms. The zero-order valence-corrected chi connectivity index (χ0v) is 12.5. The lowest BCUT2D eigenvalue weighted by Gasteiger charge is -2.21. The number of nitrogens with zero attached hydrogens (tertiary/aromatic N) is 3. The fraction of sp³-hybridized carbons (Fsp3) is 0.429. The predicted molar refractivity (Wildman–Crippen MR) is 76.1 cm³/mol. The molecule has 2 rings (SSSR count). The number of alkyl carbamates (subject to hydrolysis) is 1. The van der Waals surface area contributed by atoms with E-state index >= 15 is 0 Å². The third-order valence-corrected chi connectivity index (χ3v) is 2.66. The molecule has 2 aromatic heterocycles. The number of hydrogen-bond donors (Lipinski definition) is 1. The van der Waals surface area contributed by atoms with Crippen molar-refractivity contribution in [3.63, 3.8) is 0 Å². The minimum atomic E-state index is -0.757. The molecule has 1 N–H and O–H groups in total. The Morgan fingerprint density at radius 3 is 2.67 bits per heavy atom. The highest BCUT2D eigenvalue weighted by Crippen LogP contribution is 2.08. The van der Waals surface area contributed by atoms with Crippen molar-refractivity contribution in [3.05, 3.63) is 30.2 Å². The number of ether oxygens (including phenoxy) is 1. The van der Waals surface area contributed by atoms with E-state index in [2.05, 4.69) is 15.5 Å². The van der Waals surface area contributed by atoms with Crippen LogP contribution >= 0.6 is 0 Å². The third kappa shape index (κ3) is 3.56. The van der Waals surface area contributed by atoms with Crippen LogP contribution in [0.3, 0.4) is 0 Å². The molecule has 0 radical (unpaired) electrons. The fourth-order valence-electron chi connectivity index (χ4n) is 1.75. The Balaban J connectivity index is 2.11. The average Bonchev–Trinajstić information content (AvgIpc) is 2.79. The van der Waals surface area contributed by atoms with E-state index in [1.165, 1.54) is 0 Å². The van der Waals surface area contributed by atoms with Crippen LogP contribution in [0.15, 0.2) is 24.4 Å². The summed E-state index contributed by atoms with van der Waals surface area (Å²) in [5, 5.41) is 10.3.